The second kappa shape index (κ2) is 6.95. The highest BCUT2D eigenvalue weighted by Crippen LogP contribution is 2.35. The van der Waals surface area contributed by atoms with Gasteiger partial charge in [-0.2, -0.15) is 5.10 Å². The highest BCUT2D eigenvalue weighted by atomic mass is 32.2. The van der Waals surface area contributed by atoms with E-state index in [0.717, 1.165) is 29.2 Å². The van der Waals surface area contributed by atoms with Gasteiger partial charge in [0, 0.05) is 6.07 Å². The zero-order valence-corrected chi connectivity index (χ0v) is 15.6. The van der Waals surface area contributed by atoms with E-state index in [9.17, 15) is 26.4 Å². The number of aromatic amines is 1. The first kappa shape index (κ1) is 20.4. The van der Waals surface area contributed by atoms with Gasteiger partial charge in [-0.1, -0.05) is 0 Å². The lowest BCUT2D eigenvalue weighted by molar-refractivity contribution is -0.275. The highest BCUT2D eigenvalue weighted by molar-refractivity contribution is 7.92. The second-order valence-corrected chi connectivity index (χ2v) is 8.48. The molecular formula is C15H13F3N4O6S. The number of carboxylic acid groups (broad SMARTS) is 1. The zero-order valence-electron chi connectivity index (χ0n) is 14.8. The van der Waals surface area contributed by atoms with Crippen molar-refractivity contribution in [3.05, 3.63) is 24.5 Å². The van der Waals surface area contributed by atoms with Gasteiger partial charge in [-0.3, -0.25) is 0 Å². The van der Waals surface area contributed by atoms with Crippen molar-refractivity contribution in [3.63, 3.8) is 0 Å². The summed E-state index contributed by atoms with van der Waals surface area (Å²) in [6.07, 6.45) is -4.44. The molecule has 3 aromatic rings. The third-order valence-electron chi connectivity index (χ3n) is 3.67. The number of alkyl halides is 3. The zero-order chi connectivity index (χ0) is 21.6. The number of nitrogens with one attached hydrogen (secondary N) is 1. The standard InChI is InChI=1S/C15H13F3N4O6S/c1-7(2)29(25,26)12-4-10-9(3-11(12)28-15(16,17)18)20-13(21-10)22-6-8(5-19-22)27-14(23)24/h3-7H,1-2H3,(H,20,21)(H,23,24). The van der Waals surface area contributed by atoms with Crippen molar-refractivity contribution in [1.29, 1.82) is 0 Å². The minimum Gasteiger partial charge on any atom is -0.449 e. The lowest BCUT2D eigenvalue weighted by atomic mass is 10.3. The monoisotopic (exact) mass is 434 g/mol. The van der Waals surface area contributed by atoms with Crippen LogP contribution in [0.25, 0.3) is 17.0 Å². The number of sulfone groups is 1. The molecule has 0 aliphatic heterocycles. The molecule has 0 saturated carbocycles. The fourth-order valence-corrected chi connectivity index (χ4v) is 3.54. The summed E-state index contributed by atoms with van der Waals surface area (Å²) in [5.74, 6) is -1.05. The van der Waals surface area contributed by atoms with Gasteiger partial charge in [0.2, 0.25) is 5.95 Å². The average Bonchev–Trinajstić information content (AvgIpc) is 3.17. The molecule has 0 unspecified atom stereocenters. The third kappa shape index (κ3) is 4.26. The number of halogens is 3. The summed E-state index contributed by atoms with van der Waals surface area (Å²) in [6.45, 7) is 2.64. The molecular weight excluding hydrogens is 421 g/mol. The number of fused-ring (bicyclic) bond motifs is 1. The average molecular weight is 434 g/mol. The van der Waals surface area contributed by atoms with E-state index in [4.69, 9.17) is 5.11 Å². The van der Waals surface area contributed by atoms with Crippen LogP contribution in [0.15, 0.2) is 29.4 Å². The number of ether oxygens (including phenoxy) is 2. The summed E-state index contributed by atoms with van der Waals surface area (Å²) >= 11 is 0. The molecule has 0 aliphatic rings. The summed E-state index contributed by atoms with van der Waals surface area (Å²) in [5, 5.41) is 11.4. The molecule has 14 heteroatoms. The lowest BCUT2D eigenvalue weighted by Gasteiger charge is -2.15. The summed E-state index contributed by atoms with van der Waals surface area (Å²) in [5.41, 5.74) is 0.0723. The van der Waals surface area contributed by atoms with Crippen molar-refractivity contribution in [1.82, 2.24) is 19.7 Å². The Balaban J connectivity index is 2.13. The van der Waals surface area contributed by atoms with Gasteiger partial charge in [0.15, 0.2) is 15.6 Å². The number of nitrogens with zero attached hydrogens (tertiary/aromatic N) is 3. The topological polar surface area (TPSA) is 136 Å². The van der Waals surface area contributed by atoms with Crippen LogP contribution in [0.2, 0.25) is 0 Å². The van der Waals surface area contributed by atoms with E-state index in [-0.39, 0.29) is 22.7 Å². The molecule has 156 valence electrons. The SMILES string of the molecule is CC(C)S(=O)(=O)c1cc2[nH]c(-n3cc(OC(=O)O)cn3)nc2cc1OC(F)(F)F. The predicted octanol–water partition coefficient (Wildman–Crippen LogP) is 2.89. The fourth-order valence-electron chi connectivity index (χ4n) is 2.37. The molecule has 3 rings (SSSR count). The Hall–Kier alpha value is -3.29. The van der Waals surface area contributed by atoms with Gasteiger partial charge >= 0.3 is 12.5 Å². The number of benzene rings is 1. The van der Waals surface area contributed by atoms with Gasteiger partial charge in [0.25, 0.3) is 0 Å². The first-order chi connectivity index (χ1) is 13.4. The molecule has 2 aromatic heterocycles. The number of hydrogen-bond acceptors (Lipinski definition) is 7. The summed E-state index contributed by atoms with van der Waals surface area (Å²) < 4.78 is 72.7. The lowest BCUT2D eigenvalue weighted by Crippen LogP contribution is -2.21. The van der Waals surface area contributed by atoms with Crippen LogP contribution >= 0.6 is 0 Å². The van der Waals surface area contributed by atoms with Crippen molar-refractivity contribution < 1.29 is 41.0 Å². The Morgan fingerprint density at radius 1 is 1.31 bits per heavy atom. The Kier molecular flexibility index (Phi) is 4.90. The van der Waals surface area contributed by atoms with Crippen LogP contribution in [0.5, 0.6) is 11.5 Å². The van der Waals surface area contributed by atoms with E-state index in [2.05, 4.69) is 24.5 Å². The van der Waals surface area contributed by atoms with Gasteiger partial charge in [-0.15, -0.1) is 13.2 Å². The first-order valence-electron chi connectivity index (χ1n) is 7.86. The van der Waals surface area contributed by atoms with Crippen LogP contribution in [0.4, 0.5) is 18.0 Å². The third-order valence-corrected chi connectivity index (χ3v) is 5.84. The minimum absolute atomic E-state index is 0.0164. The second-order valence-electron chi connectivity index (χ2n) is 6.01. The molecule has 1 aromatic carbocycles. The van der Waals surface area contributed by atoms with E-state index in [1.165, 1.54) is 13.8 Å². The maximum Gasteiger partial charge on any atom is 0.573 e. The number of carbonyl (C=O) groups is 1. The Morgan fingerprint density at radius 3 is 2.59 bits per heavy atom. The Morgan fingerprint density at radius 2 is 2.00 bits per heavy atom. The Labute approximate surface area is 160 Å². The molecule has 2 heterocycles. The number of hydrogen-bond donors (Lipinski definition) is 2. The van der Waals surface area contributed by atoms with Crippen LogP contribution in [0, 0.1) is 0 Å². The normalized spacial score (nSPS) is 12.5. The van der Waals surface area contributed by atoms with Crippen molar-refractivity contribution in [2.45, 2.75) is 30.4 Å². The van der Waals surface area contributed by atoms with E-state index >= 15 is 0 Å². The van der Waals surface area contributed by atoms with Gasteiger partial charge in [0.05, 0.1) is 28.7 Å². The van der Waals surface area contributed by atoms with Crippen LogP contribution in [0.1, 0.15) is 13.8 Å². The molecule has 2 N–H and O–H groups in total. The molecule has 0 atom stereocenters. The Bertz CT molecular complexity index is 1180. The van der Waals surface area contributed by atoms with Gasteiger partial charge in [0.1, 0.15) is 10.6 Å². The van der Waals surface area contributed by atoms with Gasteiger partial charge < -0.3 is 19.6 Å². The van der Waals surface area contributed by atoms with Gasteiger partial charge in [-0.05, 0) is 19.9 Å². The minimum atomic E-state index is -5.11. The highest BCUT2D eigenvalue weighted by Gasteiger charge is 2.35. The van der Waals surface area contributed by atoms with Crippen molar-refractivity contribution in [2.75, 3.05) is 0 Å². The van der Waals surface area contributed by atoms with Crippen LogP contribution in [-0.4, -0.2) is 51.0 Å². The summed E-state index contributed by atoms with van der Waals surface area (Å²) in [4.78, 5) is 16.6. The van der Waals surface area contributed by atoms with Gasteiger partial charge in [-0.25, -0.2) is 22.9 Å². The molecule has 0 aliphatic carbocycles. The number of rotatable bonds is 5. The number of H-pyrrole nitrogens is 1. The van der Waals surface area contributed by atoms with Crippen LogP contribution < -0.4 is 9.47 Å². The van der Waals surface area contributed by atoms with E-state index in [1.54, 1.807) is 0 Å². The quantitative estimate of drug-likeness (QED) is 0.585. The van der Waals surface area contributed by atoms with Crippen molar-refractivity contribution in [2.24, 2.45) is 0 Å². The number of aromatic nitrogens is 4. The first-order valence-corrected chi connectivity index (χ1v) is 9.40. The molecule has 0 bridgehead atoms. The largest absolute Gasteiger partial charge is 0.573 e. The van der Waals surface area contributed by atoms with E-state index < -0.39 is 38.2 Å². The fraction of sp³-hybridized carbons (Fsp3) is 0.267. The molecule has 0 radical (unpaired) electrons. The van der Waals surface area contributed by atoms with Crippen LogP contribution in [0.3, 0.4) is 0 Å². The molecule has 0 saturated heterocycles. The molecule has 29 heavy (non-hydrogen) atoms. The molecule has 0 spiro atoms. The molecule has 0 fully saturated rings. The van der Waals surface area contributed by atoms with E-state index in [0.29, 0.717) is 0 Å². The van der Waals surface area contributed by atoms with Crippen molar-refractivity contribution >= 4 is 27.0 Å². The van der Waals surface area contributed by atoms with E-state index in [1.807, 2.05) is 0 Å². The maximum absolute atomic E-state index is 12.8. The predicted molar refractivity (Wildman–Crippen MR) is 90.9 cm³/mol. The smallest absolute Gasteiger partial charge is 0.449 e. The summed E-state index contributed by atoms with van der Waals surface area (Å²) in [6, 6.07) is 1.83. The van der Waals surface area contributed by atoms with Crippen LogP contribution in [-0.2, 0) is 9.84 Å². The molecule has 10 nitrogen and oxygen atoms in total. The summed E-state index contributed by atoms with van der Waals surface area (Å²) in [7, 11) is -4.12. The maximum atomic E-state index is 12.8. The number of imidazole rings is 1. The molecule has 0 amide bonds. The van der Waals surface area contributed by atoms with Crippen molar-refractivity contribution in [3.8, 4) is 17.4 Å².